The molecule has 0 radical (unpaired) electrons. The Balaban J connectivity index is 2.22. The molecule has 1 atom stereocenters. The average Bonchev–Trinajstić information content (AvgIpc) is 2.64. The lowest BCUT2D eigenvalue weighted by Gasteiger charge is -2.28. The monoisotopic (exact) mass is 398 g/mol. The first kappa shape index (κ1) is 23.0. The third kappa shape index (κ3) is 5.38. The molecule has 1 nitrogen and oxygen atoms in total. The Morgan fingerprint density at radius 1 is 0.714 bits per heavy atom. The van der Waals surface area contributed by atoms with Gasteiger partial charge in [-0.3, -0.25) is 0 Å². The van der Waals surface area contributed by atoms with E-state index in [0.717, 1.165) is 18.6 Å². The number of benzene rings is 2. The first-order valence-corrected chi connectivity index (χ1v) is 11.5. The van der Waals surface area contributed by atoms with Gasteiger partial charge in [0.25, 0.3) is 0 Å². The Hall–Kier alpha value is -1.33. The van der Waals surface area contributed by atoms with Gasteiger partial charge in [0.1, 0.15) is 14.6 Å². The first-order chi connectivity index (χ1) is 12.9. The second kappa shape index (κ2) is 8.58. The number of rotatable bonds is 6. The number of hydrogen-bond donors (Lipinski definition) is 0. The molecule has 0 saturated heterocycles. The molecule has 0 bridgehead atoms. The van der Waals surface area contributed by atoms with E-state index in [1.54, 1.807) is 0 Å². The Labute approximate surface area is 175 Å². The maximum absolute atomic E-state index is 6.32. The van der Waals surface area contributed by atoms with Crippen LogP contribution in [0.5, 0.6) is 5.75 Å². The maximum atomic E-state index is 6.32. The second-order valence-corrected chi connectivity index (χ2v) is 11.2. The topological polar surface area (TPSA) is 9.23 Å². The van der Waals surface area contributed by atoms with Crippen molar-refractivity contribution in [3.05, 3.63) is 59.2 Å². The van der Waals surface area contributed by atoms with E-state index in [1.165, 1.54) is 22.0 Å². The lowest BCUT2D eigenvalue weighted by molar-refractivity contribution is 0.439. The molecular formula is C26H39OP. The highest BCUT2D eigenvalue weighted by Gasteiger charge is 2.24. The van der Waals surface area contributed by atoms with E-state index >= 15 is 0 Å². The summed E-state index contributed by atoms with van der Waals surface area (Å²) >= 11 is 0. The van der Waals surface area contributed by atoms with Gasteiger partial charge in [0.2, 0.25) is 0 Å². The zero-order valence-corrected chi connectivity index (χ0v) is 20.4. The molecule has 0 saturated carbocycles. The van der Waals surface area contributed by atoms with Crippen LogP contribution in [0.1, 0.15) is 91.8 Å². The Morgan fingerprint density at radius 3 is 1.71 bits per heavy atom. The fourth-order valence-electron chi connectivity index (χ4n) is 3.38. The molecule has 0 fully saturated rings. The molecule has 0 heterocycles. The molecule has 0 spiro atoms. The van der Waals surface area contributed by atoms with Gasteiger partial charge < -0.3 is 4.52 Å². The summed E-state index contributed by atoms with van der Waals surface area (Å²) in [6, 6.07) is 15.7. The van der Waals surface area contributed by atoms with Crippen molar-refractivity contribution in [1.29, 1.82) is 0 Å². The van der Waals surface area contributed by atoms with Crippen LogP contribution in [0.4, 0.5) is 0 Å². The predicted octanol–water partition coefficient (Wildman–Crippen LogP) is 7.66. The summed E-state index contributed by atoms with van der Waals surface area (Å²) in [5, 5.41) is 1.25. The summed E-state index contributed by atoms with van der Waals surface area (Å²) < 4.78 is 6.32. The van der Waals surface area contributed by atoms with E-state index in [4.69, 9.17) is 4.52 Å². The summed E-state index contributed by atoms with van der Waals surface area (Å²) in [6.45, 7) is 20.5. The zero-order chi connectivity index (χ0) is 21.2. The van der Waals surface area contributed by atoms with Gasteiger partial charge >= 0.3 is 0 Å². The summed E-state index contributed by atoms with van der Waals surface area (Å²) in [4.78, 5) is 0. The first-order valence-electron chi connectivity index (χ1n) is 10.6. The van der Waals surface area contributed by atoms with E-state index in [0.29, 0.717) is 8.81 Å². The second-order valence-electron chi connectivity index (χ2n) is 10.3. The van der Waals surface area contributed by atoms with Crippen LogP contribution < -0.4 is 9.83 Å². The molecule has 2 aromatic rings. The summed E-state index contributed by atoms with van der Waals surface area (Å²) in [5.41, 5.74) is 4.53. The third-order valence-corrected chi connectivity index (χ3v) is 6.97. The van der Waals surface area contributed by atoms with Crippen molar-refractivity contribution in [1.82, 2.24) is 0 Å². The van der Waals surface area contributed by atoms with Gasteiger partial charge in [0.15, 0.2) is 0 Å². The van der Waals surface area contributed by atoms with Crippen LogP contribution in [0.15, 0.2) is 42.5 Å². The van der Waals surface area contributed by atoms with Crippen LogP contribution in [0.3, 0.4) is 0 Å². The van der Waals surface area contributed by atoms with Crippen molar-refractivity contribution in [2.75, 3.05) is 0 Å². The lowest BCUT2D eigenvalue weighted by Crippen LogP contribution is -2.20. The van der Waals surface area contributed by atoms with Crippen molar-refractivity contribution in [3.63, 3.8) is 0 Å². The van der Waals surface area contributed by atoms with Gasteiger partial charge in [0, 0.05) is 10.9 Å². The summed E-state index contributed by atoms with van der Waals surface area (Å²) in [7, 11) is 0.322. The minimum atomic E-state index is 0.0506. The smallest absolute Gasteiger partial charge is 0.127 e. The largest absolute Gasteiger partial charge is 0.472 e. The third-order valence-electron chi connectivity index (χ3n) is 6.07. The normalized spacial score (nSPS) is 13.3. The van der Waals surface area contributed by atoms with Crippen LogP contribution in [0.25, 0.3) is 0 Å². The molecule has 1 unspecified atom stereocenters. The van der Waals surface area contributed by atoms with Crippen LogP contribution in [-0.2, 0) is 16.2 Å². The van der Waals surface area contributed by atoms with Gasteiger partial charge in [-0.25, -0.2) is 0 Å². The van der Waals surface area contributed by atoms with Crippen molar-refractivity contribution in [2.45, 2.75) is 91.4 Å². The van der Waals surface area contributed by atoms with Crippen LogP contribution >= 0.6 is 8.81 Å². The van der Waals surface area contributed by atoms with Gasteiger partial charge in [-0.1, -0.05) is 98.7 Å². The molecule has 154 valence electrons. The Morgan fingerprint density at radius 2 is 1.25 bits per heavy atom. The highest BCUT2D eigenvalue weighted by Crippen LogP contribution is 2.38. The van der Waals surface area contributed by atoms with Gasteiger partial charge in [0.05, 0.1) is 0 Å². The van der Waals surface area contributed by atoms with Gasteiger partial charge in [-0.2, -0.15) is 0 Å². The summed E-state index contributed by atoms with van der Waals surface area (Å²) in [6.07, 6.45) is 2.33. The highest BCUT2D eigenvalue weighted by molar-refractivity contribution is 7.42. The van der Waals surface area contributed by atoms with Gasteiger partial charge in [-0.15, -0.1) is 0 Å². The minimum Gasteiger partial charge on any atom is -0.472 e. The standard InChI is InChI=1S/C26H39OP/c1-10-26(9,11-2)19-12-15-21(16-13-19)28-27-23-17-14-20(24(3,4)5)18-22(23)25(6,7)8/h12-18,28H,10-11H2,1-9H3. The van der Waals surface area contributed by atoms with E-state index in [2.05, 4.69) is 105 Å². The van der Waals surface area contributed by atoms with E-state index in [1.807, 2.05) is 0 Å². The summed E-state index contributed by atoms with van der Waals surface area (Å²) in [5.74, 6) is 1.01. The van der Waals surface area contributed by atoms with E-state index in [9.17, 15) is 0 Å². The molecule has 28 heavy (non-hydrogen) atoms. The van der Waals surface area contributed by atoms with Crippen molar-refractivity contribution in [3.8, 4) is 5.75 Å². The molecule has 0 aliphatic carbocycles. The van der Waals surface area contributed by atoms with Crippen LogP contribution in [0.2, 0.25) is 0 Å². The Kier molecular flexibility index (Phi) is 7.03. The van der Waals surface area contributed by atoms with E-state index in [-0.39, 0.29) is 16.2 Å². The maximum Gasteiger partial charge on any atom is 0.127 e. The fraction of sp³-hybridized carbons (Fsp3) is 0.538. The quantitative estimate of drug-likeness (QED) is 0.454. The number of hydrogen-bond acceptors (Lipinski definition) is 1. The lowest BCUT2D eigenvalue weighted by atomic mass is 9.78. The molecule has 0 N–H and O–H groups in total. The molecular weight excluding hydrogens is 359 g/mol. The predicted molar refractivity (Wildman–Crippen MR) is 127 cm³/mol. The molecule has 0 amide bonds. The van der Waals surface area contributed by atoms with E-state index < -0.39 is 0 Å². The molecule has 0 aliphatic rings. The van der Waals surface area contributed by atoms with Crippen LogP contribution in [-0.4, -0.2) is 0 Å². The highest BCUT2D eigenvalue weighted by atomic mass is 31.1. The van der Waals surface area contributed by atoms with Gasteiger partial charge in [-0.05, 0) is 46.3 Å². The Bertz CT molecular complexity index is 772. The molecule has 0 aromatic heterocycles. The molecule has 2 aromatic carbocycles. The van der Waals surface area contributed by atoms with Crippen LogP contribution in [0, 0.1) is 0 Å². The van der Waals surface area contributed by atoms with Crippen molar-refractivity contribution in [2.24, 2.45) is 0 Å². The molecule has 2 heteroatoms. The van der Waals surface area contributed by atoms with Crippen molar-refractivity contribution < 1.29 is 4.52 Å². The zero-order valence-electron chi connectivity index (χ0n) is 19.4. The SMILES string of the molecule is CCC(C)(CC)c1ccc(POc2ccc(C(C)(C)C)cc2C(C)(C)C)cc1. The van der Waals surface area contributed by atoms with Crippen molar-refractivity contribution >= 4 is 14.1 Å². The molecule has 2 rings (SSSR count). The average molecular weight is 399 g/mol. The molecule has 0 aliphatic heterocycles. The minimum absolute atomic E-state index is 0.0506. The fourth-order valence-corrected chi connectivity index (χ4v) is 4.09.